The molecule has 1 N–H and O–H groups in total. The molecule has 4 rings (SSSR count). The van der Waals surface area contributed by atoms with Crippen LogP contribution in [0.15, 0.2) is 18.6 Å². The average molecular weight is 367 g/mol. The van der Waals surface area contributed by atoms with Crippen molar-refractivity contribution in [3.63, 3.8) is 0 Å². The number of nitrogens with one attached hydrogen (secondary N) is 1. The van der Waals surface area contributed by atoms with Crippen molar-refractivity contribution in [1.82, 2.24) is 19.3 Å². The topological polar surface area (TPSA) is 82.2 Å². The quantitative estimate of drug-likeness (QED) is 0.867. The minimum atomic E-state index is -3.35. The second kappa shape index (κ2) is 6.21. The molecule has 136 valence electrons. The summed E-state index contributed by atoms with van der Waals surface area (Å²) in [6, 6.07) is 2.21. The smallest absolute Gasteiger partial charge is 0.214 e. The zero-order chi connectivity index (χ0) is 17.6. The van der Waals surface area contributed by atoms with Gasteiger partial charge in [-0.3, -0.25) is 0 Å². The van der Waals surface area contributed by atoms with E-state index in [1.54, 1.807) is 0 Å². The lowest BCUT2D eigenvalue weighted by atomic mass is 9.81. The molecule has 0 unspecified atom stereocenters. The lowest BCUT2D eigenvalue weighted by molar-refractivity contribution is 0.277. The first kappa shape index (κ1) is 16.7. The van der Waals surface area contributed by atoms with Gasteiger partial charge in [0.2, 0.25) is 10.0 Å². The van der Waals surface area contributed by atoms with Gasteiger partial charge in [0.25, 0.3) is 0 Å². The maximum Gasteiger partial charge on any atom is 0.214 e. The maximum atomic E-state index is 13.3. The van der Waals surface area contributed by atoms with Gasteiger partial charge >= 0.3 is 0 Å². The lowest BCUT2D eigenvalue weighted by Crippen LogP contribution is -2.46. The third-order valence-electron chi connectivity index (χ3n) is 5.36. The number of nitrogens with zero attached hydrogens (tertiary/aromatic N) is 4. The summed E-state index contributed by atoms with van der Waals surface area (Å²) in [5.74, 6) is 1.10. The first-order valence-electron chi connectivity index (χ1n) is 8.57. The van der Waals surface area contributed by atoms with Crippen LogP contribution in [0.5, 0.6) is 0 Å². The summed E-state index contributed by atoms with van der Waals surface area (Å²) in [6.45, 7) is 0.330. The summed E-state index contributed by atoms with van der Waals surface area (Å²) in [7, 11) is -1.36. The molecular formula is C16H22FN5O2S. The molecule has 3 heterocycles. The van der Waals surface area contributed by atoms with E-state index in [0.29, 0.717) is 13.0 Å². The molecule has 1 saturated heterocycles. The van der Waals surface area contributed by atoms with Crippen LogP contribution in [0, 0.1) is 5.92 Å². The van der Waals surface area contributed by atoms with Crippen LogP contribution >= 0.6 is 0 Å². The number of fused-ring (bicyclic) bond motifs is 1. The van der Waals surface area contributed by atoms with Crippen molar-refractivity contribution in [2.75, 3.05) is 30.8 Å². The predicted molar refractivity (Wildman–Crippen MR) is 93.7 cm³/mol. The molecule has 7 nitrogen and oxygen atoms in total. The molecule has 9 heteroatoms. The summed E-state index contributed by atoms with van der Waals surface area (Å²) in [6.07, 6.45) is 4.27. The zero-order valence-corrected chi connectivity index (χ0v) is 14.9. The van der Waals surface area contributed by atoms with Gasteiger partial charge in [0.1, 0.15) is 24.0 Å². The average Bonchev–Trinajstić information content (AvgIpc) is 3.18. The van der Waals surface area contributed by atoms with Gasteiger partial charge in [0, 0.05) is 32.4 Å². The van der Waals surface area contributed by atoms with Crippen LogP contribution in [0.25, 0.3) is 11.0 Å². The molecule has 0 amide bonds. The molecule has 2 aromatic heterocycles. The largest absolute Gasteiger partial charge is 0.356 e. The van der Waals surface area contributed by atoms with E-state index < -0.39 is 16.2 Å². The van der Waals surface area contributed by atoms with Gasteiger partial charge < -0.3 is 9.88 Å². The molecule has 1 aliphatic carbocycles. The van der Waals surface area contributed by atoms with Crippen molar-refractivity contribution in [3.05, 3.63) is 18.6 Å². The Bertz CT molecular complexity index is 864. The summed E-state index contributed by atoms with van der Waals surface area (Å²) in [4.78, 5) is 13.7. The minimum Gasteiger partial charge on any atom is -0.356 e. The highest BCUT2D eigenvalue weighted by Crippen LogP contribution is 2.36. The van der Waals surface area contributed by atoms with E-state index in [9.17, 15) is 12.8 Å². The number of hydrogen-bond acceptors (Lipinski definition) is 5. The molecule has 2 aromatic rings. The third-order valence-corrected chi connectivity index (χ3v) is 7.37. The Kier molecular flexibility index (Phi) is 4.15. The maximum absolute atomic E-state index is 13.3. The molecule has 0 spiro atoms. The number of H-pyrrole nitrogens is 1. The van der Waals surface area contributed by atoms with Gasteiger partial charge in [-0.05, 0) is 31.2 Å². The van der Waals surface area contributed by atoms with Crippen LogP contribution in [0.3, 0.4) is 0 Å². The Hall–Kier alpha value is -1.74. The second-order valence-electron chi connectivity index (χ2n) is 7.06. The standard InChI is InChI=1S/C16H22FN5O2S/c1-21(16-14-2-4-18-15(14)19-10-20-16)13-6-11(7-13)9-25(23,24)22-5-3-12(17)8-22/h2,4,10-13H,3,5-9H2,1H3,(H,18,19,20)/t11-,12-,13+/m0/s1. The number of aromatic nitrogens is 3. The molecule has 1 aliphatic heterocycles. The second-order valence-corrected chi connectivity index (χ2v) is 9.08. The normalized spacial score (nSPS) is 27.5. The summed E-state index contributed by atoms with van der Waals surface area (Å²) in [5.41, 5.74) is 0.796. The van der Waals surface area contributed by atoms with Crippen LogP contribution in [-0.2, 0) is 10.0 Å². The fourth-order valence-electron chi connectivity index (χ4n) is 3.81. The number of halogens is 1. The fourth-order valence-corrected chi connectivity index (χ4v) is 5.66. The number of rotatable bonds is 5. The molecule has 1 saturated carbocycles. The van der Waals surface area contributed by atoms with Crippen LogP contribution < -0.4 is 4.90 Å². The van der Waals surface area contributed by atoms with E-state index in [0.717, 1.165) is 29.7 Å². The van der Waals surface area contributed by atoms with Gasteiger partial charge in [0.15, 0.2) is 0 Å². The van der Waals surface area contributed by atoms with Crippen LogP contribution in [0.2, 0.25) is 0 Å². The molecule has 25 heavy (non-hydrogen) atoms. The van der Waals surface area contributed by atoms with E-state index >= 15 is 0 Å². The Balaban J connectivity index is 1.38. The van der Waals surface area contributed by atoms with Gasteiger partial charge in [-0.25, -0.2) is 22.8 Å². The van der Waals surface area contributed by atoms with Crippen molar-refractivity contribution in [2.24, 2.45) is 5.92 Å². The number of anilines is 1. The molecule has 2 aliphatic rings. The van der Waals surface area contributed by atoms with Crippen LogP contribution in [-0.4, -0.2) is 65.8 Å². The first-order valence-corrected chi connectivity index (χ1v) is 10.2. The third kappa shape index (κ3) is 3.10. The van der Waals surface area contributed by atoms with Crippen molar-refractivity contribution in [3.8, 4) is 0 Å². The van der Waals surface area contributed by atoms with E-state index in [1.165, 1.54) is 10.6 Å². The Morgan fingerprint density at radius 1 is 1.40 bits per heavy atom. The molecule has 0 bridgehead atoms. The zero-order valence-electron chi connectivity index (χ0n) is 14.1. The van der Waals surface area contributed by atoms with Crippen molar-refractivity contribution in [2.45, 2.75) is 31.5 Å². The fraction of sp³-hybridized carbons (Fsp3) is 0.625. The monoisotopic (exact) mass is 367 g/mol. The van der Waals surface area contributed by atoms with Gasteiger partial charge in [0.05, 0.1) is 11.1 Å². The van der Waals surface area contributed by atoms with E-state index in [2.05, 4.69) is 19.9 Å². The Morgan fingerprint density at radius 3 is 2.92 bits per heavy atom. The van der Waals surface area contributed by atoms with E-state index in [-0.39, 0.29) is 24.3 Å². The van der Waals surface area contributed by atoms with E-state index in [4.69, 9.17) is 0 Å². The first-order chi connectivity index (χ1) is 11.9. The van der Waals surface area contributed by atoms with Crippen molar-refractivity contribution in [1.29, 1.82) is 0 Å². The van der Waals surface area contributed by atoms with E-state index in [1.807, 2.05) is 19.3 Å². The highest BCUT2D eigenvalue weighted by Gasteiger charge is 2.39. The highest BCUT2D eigenvalue weighted by molar-refractivity contribution is 7.89. The molecule has 1 atom stereocenters. The van der Waals surface area contributed by atoms with Gasteiger partial charge in [-0.15, -0.1) is 0 Å². The van der Waals surface area contributed by atoms with Gasteiger partial charge in [-0.1, -0.05) is 0 Å². The number of hydrogen-bond donors (Lipinski definition) is 1. The number of aromatic amines is 1. The molecule has 0 aromatic carbocycles. The Labute approximate surface area is 146 Å². The molecular weight excluding hydrogens is 345 g/mol. The minimum absolute atomic E-state index is 0.0186. The van der Waals surface area contributed by atoms with Crippen molar-refractivity contribution < 1.29 is 12.8 Å². The molecule has 0 radical (unpaired) electrons. The Morgan fingerprint density at radius 2 is 2.20 bits per heavy atom. The summed E-state index contributed by atoms with van der Waals surface area (Å²) < 4.78 is 39.4. The van der Waals surface area contributed by atoms with Gasteiger partial charge in [-0.2, -0.15) is 4.31 Å². The number of alkyl halides is 1. The number of sulfonamides is 1. The highest BCUT2D eigenvalue weighted by atomic mass is 32.2. The summed E-state index contributed by atoms with van der Waals surface area (Å²) >= 11 is 0. The van der Waals surface area contributed by atoms with Crippen molar-refractivity contribution >= 4 is 26.9 Å². The van der Waals surface area contributed by atoms with Crippen LogP contribution in [0.1, 0.15) is 19.3 Å². The lowest BCUT2D eigenvalue weighted by Gasteiger charge is -2.42. The molecule has 2 fully saturated rings. The van der Waals surface area contributed by atoms with Crippen LogP contribution in [0.4, 0.5) is 10.2 Å². The summed E-state index contributed by atoms with van der Waals surface area (Å²) in [5, 5.41) is 0.965. The SMILES string of the molecule is CN(c1ncnc2[nH]ccc12)[C@H]1C[C@@H](CS(=O)(=O)N2CC[C@H](F)C2)C1. The predicted octanol–water partition coefficient (Wildman–Crippen LogP) is 1.55.